The molecule has 4 heterocycles. The number of nitrogens with one attached hydrogen (secondary N) is 1. The van der Waals surface area contributed by atoms with Crippen molar-refractivity contribution in [3.8, 4) is 28.3 Å². The minimum atomic E-state index is -0.527. The molecule has 0 saturated carbocycles. The molecule has 3 aromatic carbocycles. The Morgan fingerprint density at radius 2 is 1.65 bits per heavy atom. The van der Waals surface area contributed by atoms with Crippen LogP contribution < -0.4 is 11.1 Å². The van der Waals surface area contributed by atoms with E-state index < -0.39 is 11.5 Å². The van der Waals surface area contributed by atoms with Gasteiger partial charge in [-0.25, -0.2) is 19.9 Å². The largest absolute Gasteiger partial charge is 0.422 e. The molecule has 206 valence electrons. The molecule has 0 fully saturated rings. The number of hydrogen-bond donors (Lipinski definition) is 1. The van der Waals surface area contributed by atoms with Crippen molar-refractivity contribution in [3.05, 3.63) is 143 Å². The summed E-state index contributed by atoms with van der Waals surface area (Å²) in [6.45, 7) is 0. The fourth-order valence-electron chi connectivity index (χ4n) is 4.86. The number of fused-ring (bicyclic) bond motifs is 2. The summed E-state index contributed by atoms with van der Waals surface area (Å²) in [5.41, 5.74) is 6.83. The quantitative estimate of drug-likeness (QED) is 0.151. The van der Waals surface area contributed by atoms with Crippen LogP contribution in [0.4, 0.5) is 0 Å². The third kappa shape index (κ3) is 5.07. The Balaban J connectivity index is 1.26. The molecule has 1 N–H and O–H groups in total. The highest BCUT2D eigenvalue weighted by atomic mass is 16.4. The van der Waals surface area contributed by atoms with Crippen molar-refractivity contribution in [2.45, 2.75) is 0 Å². The summed E-state index contributed by atoms with van der Waals surface area (Å²) in [5, 5.41) is 10.4. The SMILES string of the molecule is O=C(NN=Cc1cn(-c2ccccc2)nc1-c1cc2ccccc2oc1=O)c1cc(-c2ccccn2)nc2ccccc12. The van der Waals surface area contributed by atoms with Crippen LogP contribution in [0.5, 0.6) is 0 Å². The van der Waals surface area contributed by atoms with Crippen LogP contribution in [0.15, 0.2) is 136 Å². The number of rotatable bonds is 6. The van der Waals surface area contributed by atoms with Crippen molar-refractivity contribution in [1.29, 1.82) is 0 Å². The van der Waals surface area contributed by atoms with Crippen LogP contribution in [0.1, 0.15) is 15.9 Å². The molecular weight excluding hydrogens is 540 g/mol. The van der Waals surface area contributed by atoms with Crippen LogP contribution >= 0.6 is 0 Å². The van der Waals surface area contributed by atoms with Crippen LogP contribution in [-0.2, 0) is 0 Å². The molecule has 0 aliphatic heterocycles. The average Bonchev–Trinajstić information content (AvgIpc) is 3.48. The molecule has 0 radical (unpaired) electrons. The maximum absolute atomic E-state index is 13.5. The third-order valence-corrected chi connectivity index (χ3v) is 6.92. The number of para-hydroxylation sites is 3. The topological polar surface area (TPSA) is 115 Å². The maximum Gasteiger partial charge on any atom is 0.345 e. The van der Waals surface area contributed by atoms with Crippen LogP contribution in [0.25, 0.3) is 50.2 Å². The van der Waals surface area contributed by atoms with Gasteiger partial charge in [0.2, 0.25) is 0 Å². The number of carbonyl (C=O) groups is 1. The second kappa shape index (κ2) is 11.0. The van der Waals surface area contributed by atoms with Crippen molar-refractivity contribution in [2.24, 2.45) is 5.10 Å². The zero-order chi connectivity index (χ0) is 29.2. The van der Waals surface area contributed by atoms with Gasteiger partial charge in [0.25, 0.3) is 5.91 Å². The lowest BCUT2D eigenvalue weighted by Crippen LogP contribution is -2.18. The van der Waals surface area contributed by atoms with E-state index in [9.17, 15) is 9.59 Å². The molecule has 0 saturated heterocycles. The first-order chi connectivity index (χ1) is 21.1. The van der Waals surface area contributed by atoms with Crippen LogP contribution in [0.2, 0.25) is 0 Å². The molecule has 7 rings (SSSR count). The standard InChI is InChI=1S/C34H22N6O3/c41-33(26-19-30(29-15-8-9-17-35-29)37-28-14-6-5-13-25(26)28)38-36-20-23-21-40(24-11-2-1-3-12-24)39-32(23)27-18-22-10-4-7-16-31(22)43-34(27)42/h1-21H,(H,38,41). The summed E-state index contributed by atoms with van der Waals surface area (Å²) >= 11 is 0. The van der Waals surface area contributed by atoms with Crippen molar-refractivity contribution in [1.82, 2.24) is 25.2 Å². The number of aromatic nitrogens is 4. The Kier molecular flexibility index (Phi) is 6.57. The minimum absolute atomic E-state index is 0.279. The Morgan fingerprint density at radius 3 is 2.51 bits per heavy atom. The van der Waals surface area contributed by atoms with Crippen molar-refractivity contribution >= 4 is 34.0 Å². The summed E-state index contributed by atoms with van der Waals surface area (Å²) < 4.78 is 7.23. The highest BCUT2D eigenvalue weighted by Crippen LogP contribution is 2.25. The van der Waals surface area contributed by atoms with Gasteiger partial charge in [0.15, 0.2) is 0 Å². The summed E-state index contributed by atoms with van der Waals surface area (Å²) in [7, 11) is 0. The van der Waals surface area contributed by atoms with Gasteiger partial charge in [0.1, 0.15) is 11.3 Å². The molecule has 0 spiro atoms. The number of hydrogen-bond acceptors (Lipinski definition) is 7. The smallest absolute Gasteiger partial charge is 0.345 e. The van der Waals surface area contributed by atoms with E-state index in [1.54, 1.807) is 41.3 Å². The van der Waals surface area contributed by atoms with E-state index in [2.05, 4.69) is 15.5 Å². The summed E-state index contributed by atoms with van der Waals surface area (Å²) in [6, 6.07) is 33.2. The van der Waals surface area contributed by atoms with E-state index in [1.807, 2.05) is 84.9 Å². The Labute approximate surface area is 244 Å². The predicted molar refractivity (Wildman–Crippen MR) is 165 cm³/mol. The van der Waals surface area contributed by atoms with Crippen molar-refractivity contribution in [2.75, 3.05) is 0 Å². The predicted octanol–water partition coefficient (Wildman–Crippen LogP) is 6.02. The van der Waals surface area contributed by atoms with Gasteiger partial charge in [0.05, 0.1) is 39.9 Å². The summed E-state index contributed by atoms with van der Waals surface area (Å²) in [6.07, 6.45) is 4.90. The molecule has 1 amide bonds. The van der Waals surface area contributed by atoms with Crippen molar-refractivity contribution in [3.63, 3.8) is 0 Å². The number of hydrazone groups is 1. The number of carbonyl (C=O) groups excluding carboxylic acids is 1. The monoisotopic (exact) mass is 562 g/mol. The first-order valence-corrected chi connectivity index (χ1v) is 13.5. The lowest BCUT2D eigenvalue weighted by Gasteiger charge is -2.08. The Hall–Kier alpha value is -6.22. The Bertz CT molecular complexity index is 2210. The number of amides is 1. The van der Waals surface area contributed by atoms with Gasteiger partial charge in [-0.3, -0.25) is 9.78 Å². The third-order valence-electron chi connectivity index (χ3n) is 6.92. The fourth-order valence-corrected chi connectivity index (χ4v) is 4.86. The molecule has 4 aromatic heterocycles. The molecule has 0 atom stereocenters. The highest BCUT2D eigenvalue weighted by Gasteiger charge is 2.18. The van der Waals surface area contributed by atoms with Crippen LogP contribution in [-0.4, -0.2) is 31.9 Å². The van der Waals surface area contributed by atoms with Gasteiger partial charge in [-0.15, -0.1) is 0 Å². The van der Waals surface area contributed by atoms with E-state index in [0.29, 0.717) is 44.7 Å². The van der Waals surface area contributed by atoms with Gasteiger partial charge in [-0.1, -0.05) is 60.7 Å². The lowest BCUT2D eigenvalue weighted by molar-refractivity contribution is 0.0956. The van der Waals surface area contributed by atoms with Gasteiger partial charge in [0, 0.05) is 28.7 Å². The Morgan fingerprint density at radius 1 is 0.860 bits per heavy atom. The second-order valence-electron chi connectivity index (χ2n) is 9.68. The lowest BCUT2D eigenvalue weighted by atomic mass is 10.1. The van der Waals surface area contributed by atoms with E-state index in [1.165, 1.54) is 6.21 Å². The van der Waals surface area contributed by atoms with Gasteiger partial charge < -0.3 is 4.42 Å². The van der Waals surface area contributed by atoms with E-state index in [0.717, 1.165) is 11.1 Å². The summed E-state index contributed by atoms with van der Waals surface area (Å²) in [5.74, 6) is -0.422. The van der Waals surface area contributed by atoms with Crippen LogP contribution in [0, 0.1) is 0 Å². The second-order valence-corrected chi connectivity index (χ2v) is 9.68. The molecule has 0 unspecified atom stereocenters. The van der Waals surface area contributed by atoms with Gasteiger partial charge in [-0.05, 0) is 48.5 Å². The number of pyridine rings is 2. The first-order valence-electron chi connectivity index (χ1n) is 13.5. The summed E-state index contributed by atoms with van der Waals surface area (Å²) in [4.78, 5) is 35.6. The van der Waals surface area contributed by atoms with Gasteiger partial charge >= 0.3 is 5.63 Å². The average molecular weight is 563 g/mol. The van der Waals surface area contributed by atoms with Crippen LogP contribution in [0.3, 0.4) is 0 Å². The zero-order valence-electron chi connectivity index (χ0n) is 22.6. The normalized spacial score (nSPS) is 11.3. The molecular formula is C34H22N6O3. The minimum Gasteiger partial charge on any atom is -0.422 e. The molecule has 0 aliphatic carbocycles. The molecule has 9 nitrogen and oxygen atoms in total. The van der Waals surface area contributed by atoms with Gasteiger partial charge in [-0.2, -0.15) is 10.2 Å². The molecule has 0 bridgehead atoms. The van der Waals surface area contributed by atoms with E-state index in [-0.39, 0.29) is 5.56 Å². The maximum atomic E-state index is 13.5. The molecule has 0 aliphatic rings. The number of nitrogens with zero attached hydrogens (tertiary/aromatic N) is 5. The molecule has 7 aromatic rings. The number of benzene rings is 3. The molecule has 43 heavy (non-hydrogen) atoms. The highest BCUT2D eigenvalue weighted by molar-refractivity contribution is 6.07. The van der Waals surface area contributed by atoms with E-state index in [4.69, 9.17) is 14.5 Å². The first kappa shape index (κ1) is 25.7. The zero-order valence-corrected chi connectivity index (χ0v) is 22.6. The van der Waals surface area contributed by atoms with Crippen molar-refractivity contribution < 1.29 is 9.21 Å². The fraction of sp³-hybridized carbons (Fsp3) is 0. The molecule has 9 heteroatoms. The van der Waals surface area contributed by atoms with E-state index >= 15 is 0 Å².